The van der Waals surface area contributed by atoms with Crippen molar-refractivity contribution in [1.82, 2.24) is 0 Å². The van der Waals surface area contributed by atoms with Crippen molar-refractivity contribution in [2.24, 2.45) is 4.99 Å². The van der Waals surface area contributed by atoms with Crippen molar-refractivity contribution in [2.45, 2.75) is 13.8 Å². The molecule has 0 aliphatic rings. The topological polar surface area (TPSA) is 59.9 Å². The number of hydrogen-bond acceptors (Lipinski definition) is 4. The predicted molar refractivity (Wildman–Crippen MR) is 129 cm³/mol. The lowest BCUT2D eigenvalue weighted by Gasteiger charge is -2.13. The van der Waals surface area contributed by atoms with Crippen LogP contribution in [0.3, 0.4) is 0 Å². The fourth-order valence-electron chi connectivity index (χ4n) is 2.74. The highest BCUT2D eigenvalue weighted by molar-refractivity contribution is 9.10. The molecule has 0 unspecified atom stereocenters. The maximum atomic E-state index is 12.3. The fraction of sp³-hybridized carbons (Fsp3) is 0.167. The Morgan fingerprint density at radius 2 is 1.87 bits per heavy atom. The lowest BCUT2D eigenvalue weighted by Crippen LogP contribution is -2.20. The first-order valence-electron chi connectivity index (χ1n) is 9.53. The number of methoxy groups -OCH3 is 1. The highest BCUT2D eigenvalue weighted by Crippen LogP contribution is 2.36. The Bertz CT molecular complexity index is 1110. The molecule has 0 atom stereocenters. The Labute approximate surface area is 195 Å². The number of ether oxygens (including phenoxy) is 2. The van der Waals surface area contributed by atoms with Crippen molar-refractivity contribution in [2.75, 3.05) is 19.0 Å². The molecule has 160 valence electrons. The third kappa shape index (κ3) is 6.32. The zero-order valence-electron chi connectivity index (χ0n) is 17.4. The van der Waals surface area contributed by atoms with Gasteiger partial charge in [-0.25, -0.2) is 0 Å². The first kappa shape index (κ1) is 22.8. The van der Waals surface area contributed by atoms with Crippen molar-refractivity contribution in [3.05, 3.63) is 80.8 Å². The van der Waals surface area contributed by atoms with E-state index in [0.717, 1.165) is 16.8 Å². The molecule has 3 aromatic rings. The van der Waals surface area contributed by atoms with E-state index in [1.165, 1.54) is 5.56 Å². The van der Waals surface area contributed by atoms with Crippen LogP contribution in [0.5, 0.6) is 11.5 Å². The molecule has 3 rings (SSSR count). The van der Waals surface area contributed by atoms with E-state index in [1.54, 1.807) is 31.5 Å². The quantitative estimate of drug-likeness (QED) is 0.376. The highest BCUT2D eigenvalue weighted by atomic mass is 79.9. The molecule has 5 nitrogen and oxygen atoms in total. The number of amides is 1. The fourth-order valence-corrected chi connectivity index (χ4v) is 3.49. The number of nitrogens with zero attached hydrogens (tertiary/aromatic N) is 1. The Morgan fingerprint density at radius 1 is 1.13 bits per heavy atom. The van der Waals surface area contributed by atoms with Crippen molar-refractivity contribution >= 4 is 51.0 Å². The average Bonchev–Trinajstić information content (AvgIpc) is 2.74. The molecular weight excluding hydrogens is 480 g/mol. The van der Waals surface area contributed by atoms with E-state index in [1.807, 2.05) is 50.2 Å². The van der Waals surface area contributed by atoms with Crippen LogP contribution in [0.15, 0.2) is 64.1 Å². The van der Waals surface area contributed by atoms with Crippen LogP contribution in [0.1, 0.15) is 16.7 Å². The number of halogens is 2. The molecule has 0 aromatic heterocycles. The number of nitrogens with one attached hydrogen (secondary N) is 1. The van der Waals surface area contributed by atoms with E-state index < -0.39 is 0 Å². The molecule has 7 heteroatoms. The zero-order chi connectivity index (χ0) is 22.4. The van der Waals surface area contributed by atoms with Gasteiger partial charge in [0.05, 0.1) is 17.3 Å². The first-order chi connectivity index (χ1) is 14.9. The third-order valence-electron chi connectivity index (χ3n) is 4.45. The van der Waals surface area contributed by atoms with E-state index in [0.29, 0.717) is 26.7 Å². The summed E-state index contributed by atoms with van der Waals surface area (Å²) in [6.07, 6.45) is 1.75. The molecular formula is C24H22BrClN2O3. The zero-order valence-corrected chi connectivity index (χ0v) is 19.8. The van der Waals surface area contributed by atoms with Crippen molar-refractivity contribution < 1.29 is 14.3 Å². The van der Waals surface area contributed by atoms with Gasteiger partial charge >= 0.3 is 0 Å². The normalized spacial score (nSPS) is 10.9. The maximum absolute atomic E-state index is 12.3. The average molecular weight is 502 g/mol. The molecule has 0 fully saturated rings. The molecule has 0 bridgehead atoms. The Kier molecular flexibility index (Phi) is 7.71. The monoisotopic (exact) mass is 500 g/mol. The smallest absolute Gasteiger partial charge is 0.262 e. The van der Waals surface area contributed by atoms with E-state index in [-0.39, 0.29) is 12.5 Å². The summed E-state index contributed by atoms with van der Waals surface area (Å²) in [5.74, 6) is 0.622. The Balaban J connectivity index is 1.68. The van der Waals surface area contributed by atoms with Gasteiger partial charge in [-0.05, 0) is 77.3 Å². The second-order valence-electron chi connectivity index (χ2n) is 6.93. The van der Waals surface area contributed by atoms with Crippen molar-refractivity contribution in [1.29, 1.82) is 0 Å². The van der Waals surface area contributed by atoms with Gasteiger partial charge in [-0.2, -0.15) is 0 Å². The number of rotatable bonds is 7. The van der Waals surface area contributed by atoms with Crippen LogP contribution in [0.4, 0.5) is 11.4 Å². The van der Waals surface area contributed by atoms with E-state index >= 15 is 0 Å². The molecule has 0 aliphatic heterocycles. The minimum absolute atomic E-state index is 0.183. The Hall–Kier alpha value is -2.83. The first-order valence-corrected chi connectivity index (χ1v) is 10.7. The van der Waals surface area contributed by atoms with Gasteiger partial charge in [0, 0.05) is 16.9 Å². The van der Waals surface area contributed by atoms with Crippen molar-refractivity contribution in [3.63, 3.8) is 0 Å². The summed E-state index contributed by atoms with van der Waals surface area (Å²) in [6, 6.07) is 16.9. The number of anilines is 1. The SMILES string of the molecule is COc1cc(C=Nc2ccc(C)cc2)cc(Br)c1OCC(=O)Nc1ccc(C)c(Cl)c1. The predicted octanol–water partition coefficient (Wildman–Crippen LogP) is 6.50. The number of benzene rings is 3. The third-order valence-corrected chi connectivity index (χ3v) is 5.45. The van der Waals surface area contributed by atoms with Crippen LogP contribution >= 0.6 is 27.5 Å². The van der Waals surface area contributed by atoms with Crippen LogP contribution in [-0.2, 0) is 4.79 Å². The van der Waals surface area contributed by atoms with E-state index in [4.69, 9.17) is 21.1 Å². The molecule has 0 aliphatic carbocycles. The van der Waals surface area contributed by atoms with Crippen molar-refractivity contribution in [3.8, 4) is 11.5 Å². The molecule has 0 spiro atoms. The summed E-state index contributed by atoms with van der Waals surface area (Å²) in [5.41, 5.74) is 4.41. The molecule has 31 heavy (non-hydrogen) atoms. The highest BCUT2D eigenvalue weighted by Gasteiger charge is 2.13. The maximum Gasteiger partial charge on any atom is 0.262 e. The summed E-state index contributed by atoms with van der Waals surface area (Å²) in [5, 5.41) is 3.35. The van der Waals surface area contributed by atoms with Crippen LogP contribution < -0.4 is 14.8 Å². The van der Waals surface area contributed by atoms with Gasteiger partial charge in [-0.1, -0.05) is 35.4 Å². The van der Waals surface area contributed by atoms with Crippen LogP contribution in [0, 0.1) is 13.8 Å². The molecule has 1 amide bonds. The summed E-state index contributed by atoms with van der Waals surface area (Å²) < 4.78 is 11.8. The van der Waals surface area contributed by atoms with Gasteiger partial charge < -0.3 is 14.8 Å². The Morgan fingerprint density at radius 3 is 2.55 bits per heavy atom. The minimum Gasteiger partial charge on any atom is -0.493 e. The number of aliphatic imine (C=N–C) groups is 1. The standard InChI is InChI=1S/C24H22BrClN2O3/c1-15-4-7-18(8-5-15)27-13-17-10-20(25)24(22(11-17)30-3)31-14-23(29)28-19-9-6-16(2)21(26)12-19/h4-13H,14H2,1-3H3,(H,28,29). The van der Waals surface area contributed by atoms with Crippen LogP contribution in [-0.4, -0.2) is 25.8 Å². The molecule has 0 radical (unpaired) electrons. The molecule has 0 heterocycles. The molecule has 0 saturated carbocycles. The van der Waals surface area contributed by atoms with E-state index in [9.17, 15) is 4.79 Å². The summed E-state index contributed by atoms with van der Waals surface area (Å²) >= 11 is 9.59. The largest absolute Gasteiger partial charge is 0.493 e. The van der Waals surface area contributed by atoms with Gasteiger partial charge in [-0.15, -0.1) is 0 Å². The lowest BCUT2D eigenvalue weighted by atomic mass is 10.2. The second kappa shape index (κ2) is 10.5. The molecule has 0 saturated heterocycles. The minimum atomic E-state index is -0.307. The van der Waals surface area contributed by atoms with Crippen LogP contribution in [0.2, 0.25) is 5.02 Å². The summed E-state index contributed by atoms with van der Waals surface area (Å²) in [6.45, 7) is 3.75. The molecule has 1 N–H and O–H groups in total. The lowest BCUT2D eigenvalue weighted by molar-refractivity contribution is -0.118. The molecule has 3 aromatic carbocycles. The summed E-state index contributed by atoms with van der Waals surface area (Å²) in [7, 11) is 1.55. The summed E-state index contributed by atoms with van der Waals surface area (Å²) in [4.78, 5) is 16.8. The van der Waals surface area contributed by atoms with E-state index in [2.05, 4.69) is 26.2 Å². The second-order valence-corrected chi connectivity index (χ2v) is 8.19. The number of aryl methyl sites for hydroxylation is 2. The van der Waals surface area contributed by atoms with Gasteiger partial charge in [0.2, 0.25) is 0 Å². The number of hydrogen-bond donors (Lipinski definition) is 1. The van der Waals surface area contributed by atoms with Crippen LogP contribution in [0.25, 0.3) is 0 Å². The van der Waals surface area contributed by atoms with Gasteiger partial charge in [0.25, 0.3) is 5.91 Å². The number of carbonyl (C=O) groups is 1. The van der Waals surface area contributed by atoms with Gasteiger partial charge in [0.15, 0.2) is 18.1 Å². The number of carbonyl (C=O) groups excluding carboxylic acids is 1. The van der Waals surface area contributed by atoms with Gasteiger partial charge in [0.1, 0.15) is 0 Å². The van der Waals surface area contributed by atoms with Gasteiger partial charge in [-0.3, -0.25) is 9.79 Å².